The summed E-state index contributed by atoms with van der Waals surface area (Å²) in [7, 11) is 0. The third-order valence-corrected chi connectivity index (χ3v) is 3.82. The van der Waals surface area contributed by atoms with Crippen LogP contribution in [0.15, 0.2) is 42.0 Å². The number of rotatable bonds is 3. The van der Waals surface area contributed by atoms with Gasteiger partial charge in [0.25, 0.3) is 0 Å². The van der Waals surface area contributed by atoms with Gasteiger partial charge in [-0.1, -0.05) is 18.2 Å². The van der Waals surface area contributed by atoms with Crippen molar-refractivity contribution in [3.63, 3.8) is 0 Å². The van der Waals surface area contributed by atoms with E-state index in [0.29, 0.717) is 12.2 Å². The minimum atomic E-state index is -0.567. The molecule has 2 heterocycles. The highest BCUT2D eigenvalue weighted by Crippen LogP contribution is 2.28. The zero-order valence-electron chi connectivity index (χ0n) is 9.13. The molecule has 0 bridgehead atoms. The van der Waals surface area contributed by atoms with Gasteiger partial charge in [0.15, 0.2) is 0 Å². The summed E-state index contributed by atoms with van der Waals surface area (Å²) in [5.74, 6) is 0.625. The molecule has 0 amide bonds. The first kappa shape index (κ1) is 10.5. The lowest BCUT2D eigenvalue weighted by Gasteiger charge is -2.06. The van der Waals surface area contributed by atoms with E-state index in [4.69, 9.17) is 0 Å². The van der Waals surface area contributed by atoms with E-state index in [1.54, 1.807) is 23.7 Å². The topological polar surface area (TPSA) is 48.9 Å². The maximum Gasteiger partial charge on any atom is 0.135 e. The quantitative estimate of drug-likeness (QED) is 0.744. The van der Waals surface area contributed by atoms with Crippen LogP contribution in [0, 0.1) is 0 Å². The van der Waals surface area contributed by atoms with E-state index in [-0.39, 0.29) is 0 Å². The van der Waals surface area contributed by atoms with Gasteiger partial charge in [0.05, 0.1) is 0 Å². The second-order valence-electron chi connectivity index (χ2n) is 3.95. The molecule has 2 aromatic heterocycles. The molecule has 1 atom stereocenters. The van der Waals surface area contributed by atoms with Crippen molar-refractivity contribution in [2.45, 2.75) is 12.5 Å². The average Bonchev–Trinajstić information content (AvgIpc) is 2.98. The number of imidazole rings is 1. The summed E-state index contributed by atoms with van der Waals surface area (Å²) in [6, 6.07) is 8.25. The number of fused-ring (bicyclic) bond motifs is 1. The van der Waals surface area contributed by atoms with Crippen molar-refractivity contribution >= 4 is 21.4 Å². The Morgan fingerprint density at radius 1 is 1.35 bits per heavy atom. The Labute approximate surface area is 103 Å². The molecule has 3 rings (SSSR count). The Kier molecular flexibility index (Phi) is 2.66. The van der Waals surface area contributed by atoms with Gasteiger partial charge in [0.2, 0.25) is 0 Å². The zero-order valence-corrected chi connectivity index (χ0v) is 9.95. The van der Waals surface area contributed by atoms with E-state index in [2.05, 4.69) is 27.5 Å². The lowest BCUT2D eigenvalue weighted by molar-refractivity contribution is 0.170. The Balaban J connectivity index is 1.90. The van der Waals surface area contributed by atoms with E-state index in [1.807, 2.05) is 12.1 Å². The smallest absolute Gasteiger partial charge is 0.135 e. The van der Waals surface area contributed by atoms with Crippen LogP contribution in [-0.2, 0) is 6.42 Å². The number of nitrogens with one attached hydrogen (secondary N) is 1. The molecule has 17 heavy (non-hydrogen) atoms. The first-order valence-electron chi connectivity index (χ1n) is 5.47. The van der Waals surface area contributed by atoms with Crippen LogP contribution in [0.2, 0.25) is 0 Å². The number of aromatic amines is 1. The summed E-state index contributed by atoms with van der Waals surface area (Å²) in [5, 5.41) is 13.4. The summed E-state index contributed by atoms with van der Waals surface area (Å²) in [6.45, 7) is 0. The molecule has 4 heteroatoms. The van der Waals surface area contributed by atoms with Crippen molar-refractivity contribution in [2.75, 3.05) is 0 Å². The van der Waals surface area contributed by atoms with Gasteiger partial charge in [0.1, 0.15) is 11.9 Å². The summed E-state index contributed by atoms with van der Waals surface area (Å²) < 4.78 is 1.26. The molecule has 0 spiro atoms. The number of thiophene rings is 1. The SMILES string of the molecule is OC(Cc1csc2ccccc12)c1ncc[nH]1. The second-order valence-corrected chi connectivity index (χ2v) is 4.86. The minimum Gasteiger partial charge on any atom is -0.385 e. The largest absolute Gasteiger partial charge is 0.385 e. The molecular weight excluding hydrogens is 232 g/mol. The summed E-state index contributed by atoms with van der Waals surface area (Å²) >= 11 is 1.71. The maximum absolute atomic E-state index is 10.1. The number of aromatic nitrogens is 2. The van der Waals surface area contributed by atoms with Crippen molar-refractivity contribution in [1.29, 1.82) is 0 Å². The van der Waals surface area contributed by atoms with E-state index < -0.39 is 6.10 Å². The van der Waals surface area contributed by atoms with E-state index in [0.717, 1.165) is 0 Å². The number of nitrogens with zero attached hydrogens (tertiary/aromatic N) is 1. The summed E-state index contributed by atoms with van der Waals surface area (Å²) in [4.78, 5) is 7.01. The van der Waals surface area contributed by atoms with Gasteiger partial charge in [-0.15, -0.1) is 11.3 Å². The molecule has 0 radical (unpaired) electrons. The fourth-order valence-corrected chi connectivity index (χ4v) is 2.93. The first-order valence-corrected chi connectivity index (χ1v) is 6.35. The number of H-pyrrole nitrogens is 1. The number of hydrogen-bond donors (Lipinski definition) is 2. The zero-order chi connectivity index (χ0) is 11.7. The Morgan fingerprint density at radius 2 is 2.24 bits per heavy atom. The molecule has 3 aromatic rings. The second kappa shape index (κ2) is 4.31. The van der Waals surface area contributed by atoms with Crippen LogP contribution in [-0.4, -0.2) is 15.1 Å². The highest BCUT2D eigenvalue weighted by atomic mass is 32.1. The van der Waals surface area contributed by atoms with E-state index >= 15 is 0 Å². The standard InChI is InChI=1S/C13H12N2OS/c16-11(13-14-5-6-15-13)7-9-8-17-12-4-2-1-3-10(9)12/h1-6,8,11,16H,7H2,(H,14,15). The third kappa shape index (κ3) is 1.97. The van der Waals surface area contributed by atoms with Crippen molar-refractivity contribution in [1.82, 2.24) is 9.97 Å². The minimum absolute atomic E-state index is 0.567. The average molecular weight is 244 g/mol. The molecule has 0 saturated carbocycles. The Morgan fingerprint density at radius 3 is 3.06 bits per heavy atom. The van der Waals surface area contributed by atoms with E-state index in [9.17, 15) is 5.11 Å². The Hall–Kier alpha value is -1.65. The monoisotopic (exact) mass is 244 g/mol. The van der Waals surface area contributed by atoms with Gasteiger partial charge in [0, 0.05) is 23.5 Å². The van der Waals surface area contributed by atoms with Crippen molar-refractivity contribution < 1.29 is 5.11 Å². The maximum atomic E-state index is 10.1. The number of aliphatic hydroxyl groups is 1. The molecule has 0 aliphatic rings. The normalized spacial score (nSPS) is 13.0. The van der Waals surface area contributed by atoms with Gasteiger partial charge in [-0.2, -0.15) is 0 Å². The van der Waals surface area contributed by atoms with Crippen molar-refractivity contribution in [2.24, 2.45) is 0 Å². The molecule has 0 saturated heterocycles. The predicted molar refractivity (Wildman–Crippen MR) is 69.1 cm³/mol. The molecule has 0 fully saturated rings. The Bertz CT molecular complexity index is 615. The van der Waals surface area contributed by atoms with E-state index in [1.165, 1.54) is 15.6 Å². The number of aliphatic hydroxyl groups excluding tert-OH is 1. The number of hydrogen-bond acceptors (Lipinski definition) is 3. The molecular formula is C13H12N2OS. The van der Waals surface area contributed by atoms with Crippen LogP contribution >= 0.6 is 11.3 Å². The lowest BCUT2D eigenvalue weighted by atomic mass is 10.1. The fourth-order valence-electron chi connectivity index (χ4n) is 1.96. The van der Waals surface area contributed by atoms with Crippen LogP contribution in [0.25, 0.3) is 10.1 Å². The first-order chi connectivity index (χ1) is 8.34. The van der Waals surface area contributed by atoms with Gasteiger partial charge in [-0.05, 0) is 22.4 Å². The summed E-state index contributed by atoms with van der Waals surface area (Å²) in [5.41, 5.74) is 1.18. The van der Waals surface area contributed by atoms with Crippen molar-refractivity contribution in [3.8, 4) is 0 Å². The van der Waals surface area contributed by atoms with Crippen LogP contribution in [0.5, 0.6) is 0 Å². The fraction of sp³-hybridized carbons (Fsp3) is 0.154. The molecule has 1 unspecified atom stereocenters. The van der Waals surface area contributed by atoms with Gasteiger partial charge >= 0.3 is 0 Å². The van der Waals surface area contributed by atoms with Crippen molar-refractivity contribution in [3.05, 3.63) is 53.4 Å². The molecule has 86 valence electrons. The molecule has 0 aliphatic heterocycles. The summed E-state index contributed by atoms with van der Waals surface area (Å²) in [6.07, 6.45) is 3.41. The molecule has 1 aromatic carbocycles. The highest BCUT2D eigenvalue weighted by Gasteiger charge is 2.13. The van der Waals surface area contributed by atoms with Crippen LogP contribution in [0.1, 0.15) is 17.5 Å². The predicted octanol–water partition coefficient (Wildman–Crippen LogP) is 2.90. The van der Waals surface area contributed by atoms with Gasteiger partial charge < -0.3 is 10.1 Å². The lowest BCUT2D eigenvalue weighted by Crippen LogP contribution is -2.03. The molecule has 0 aliphatic carbocycles. The third-order valence-electron chi connectivity index (χ3n) is 2.81. The number of benzene rings is 1. The van der Waals surface area contributed by atoms with Gasteiger partial charge in [-0.3, -0.25) is 0 Å². The van der Waals surface area contributed by atoms with Crippen LogP contribution in [0.3, 0.4) is 0 Å². The van der Waals surface area contributed by atoms with Crippen LogP contribution in [0.4, 0.5) is 0 Å². The molecule has 2 N–H and O–H groups in total. The highest BCUT2D eigenvalue weighted by molar-refractivity contribution is 7.17. The molecule has 3 nitrogen and oxygen atoms in total. The van der Waals surface area contributed by atoms with Crippen LogP contribution < -0.4 is 0 Å². The van der Waals surface area contributed by atoms with Gasteiger partial charge in [-0.25, -0.2) is 4.98 Å².